The molecular weight excluding hydrogens is 406 g/mol. The Morgan fingerprint density at radius 2 is 1.77 bits per heavy atom. The lowest BCUT2D eigenvalue weighted by Gasteiger charge is -2.20. The molecule has 1 N–H and O–H groups in total. The van der Waals surface area contributed by atoms with E-state index in [1.807, 2.05) is 6.07 Å². The maximum atomic E-state index is 12.7. The highest BCUT2D eigenvalue weighted by Gasteiger charge is 2.27. The molecule has 0 saturated carbocycles. The van der Waals surface area contributed by atoms with E-state index in [-0.39, 0.29) is 17.3 Å². The van der Waals surface area contributed by atoms with Crippen molar-refractivity contribution in [2.75, 3.05) is 51.1 Å². The summed E-state index contributed by atoms with van der Waals surface area (Å²) in [5.74, 6) is 0.917. The molecule has 0 unspecified atom stereocenters. The number of hydrogen-bond donors (Lipinski definition) is 1. The van der Waals surface area contributed by atoms with Crippen LogP contribution in [-0.4, -0.2) is 59.5 Å². The lowest BCUT2D eigenvalue weighted by atomic mass is 10.2. The number of rotatable bonds is 8. The number of carbonyl (C=O) groups excluding carboxylic acids is 1. The Kier molecular flexibility index (Phi) is 6.84. The number of hydrogen-bond acceptors (Lipinski definition) is 6. The highest BCUT2D eigenvalue weighted by molar-refractivity contribution is 7.89. The first kappa shape index (κ1) is 21.9. The minimum atomic E-state index is -3.53. The summed E-state index contributed by atoms with van der Waals surface area (Å²) in [4.78, 5) is 14.5. The Labute approximate surface area is 177 Å². The average molecular weight is 434 g/mol. The summed E-state index contributed by atoms with van der Waals surface area (Å²) in [6.07, 6.45) is 1.75. The fraction of sp³-hybridized carbons (Fsp3) is 0.381. The molecule has 1 amide bonds. The number of nitrogens with zero attached hydrogens (tertiary/aromatic N) is 2. The van der Waals surface area contributed by atoms with Crippen molar-refractivity contribution in [1.82, 2.24) is 4.31 Å². The molecule has 1 heterocycles. The van der Waals surface area contributed by atoms with Crippen molar-refractivity contribution in [2.45, 2.75) is 17.7 Å². The standard InChI is InChI=1S/C21H27N3O5S/c1-23(17-9-10-19(28-2)20(14-17)29-3)15-21(25)22-16-7-6-8-18(13-16)30(26,27)24-11-4-5-12-24/h6-10,13-14H,4-5,11-12,15H2,1-3H3,(H,22,25). The highest BCUT2D eigenvalue weighted by Crippen LogP contribution is 2.31. The quantitative estimate of drug-likeness (QED) is 0.688. The fourth-order valence-electron chi connectivity index (χ4n) is 3.38. The van der Waals surface area contributed by atoms with Gasteiger partial charge in [0.1, 0.15) is 0 Å². The summed E-state index contributed by atoms with van der Waals surface area (Å²) in [6, 6.07) is 11.8. The van der Waals surface area contributed by atoms with Gasteiger partial charge in [-0.3, -0.25) is 4.79 Å². The molecule has 0 bridgehead atoms. The number of benzene rings is 2. The maximum Gasteiger partial charge on any atom is 0.243 e. The molecule has 0 aromatic heterocycles. The normalized spacial score (nSPS) is 14.4. The second kappa shape index (κ2) is 9.36. The summed E-state index contributed by atoms with van der Waals surface area (Å²) < 4.78 is 37.5. The summed E-state index contributed by atoms with van der Waals surface area (Å²) in [7, 11) is 1.37. The highest BCUT2D eigenvalue weighted by atomic mass is 32.2. The van der Waals surface area contributed by atoms with Gasteiger partial charge in [0.2, 0.25) is 15.9 Å². The van der Waals surface area contributed by atoms with Gasteiger partial charge >= 0.3 is 0 Å². The van der Waals surface area contributed by atoms with Crippen molar-refractivity contribution in [3.05, 3.63) is 42.5 Å². The van der Waals surface area contributed by atoms with Crippen LogP contribution in [0, 0.1) is 0 Å². The molecule has 1 fully saturated rings. The van der Waals surface area contributed by atoms with Gasteiger partial charge in [-0.2, -0.15) is 4.31 Å². The first-order valence-electron chi connectivity index (χ1n) is 9.68. The number of methoxy groups -OCH3 is 2. The Morgan fingerprint density at radius 3 is 2.43 bits per heavy atom. The van der Waals surface area contributed by atoms with Gasteiger partial charge < -0.3 is 19.7 Å². The SMILES string of the molecule is COc1ccc(N(C)CC(=O)Nc2cccc(S(=O)(=O)N3CCCC3)c2)cc1OC. The minimum absolute atomic E-state index is 0.0819. The molecule has 1 aliphatic rings. The number of ether oxygens (including phenoxy) is 2. The van der Waals surface area contributed by atoms with Crippen LogP contribution in [0.1, 0.15) is 12.8 Å². The number of carbonyl (C=O) groups is 1. The van der Waals surface area contributed by atoms with Gasteiger partial charge in [0, 0.05) is 37.6 Å². The van der Waals surface area contributed by atoms with Gasteiger partial charge in [-0.05, 0) is 43.2 Å². The predicted octanol–water partition coefficient (Wildman–Crippen LogP) is 2.56. The Morgan fingerprint density at radius 1 is 1.07 bits per heavy atom. The Bertz CT molecular complexity index is 1000. The van der Waals surface area contributed by atoms with Crippen LogP contribution in [0.5, 0.6) is 11.5 Å². The molecule has 0 aliphatic carbocycles. The second-order valence-electron chi connectivity index (χ2n) is 7.08. The molecule has 30 heavy (non-hydrogen) atoms. The first-order valence-corrected chi connectivity index (χ1v) is 11.1. The third kappa shape index (κ3) is 4.85. The van der Waals surface area contributed by atoms with E-state index in [0.717, 1.165) is 18.5 Å². The van der Waals surface area contributed by atoms with E-state index in [2.05, 4.69) is 5.32 Å². The minimum Gasteiger partial charge on any atom is -0.493 e. The zero-order valence-electron chi connectivity index (χ0n) is 17.4. The summed E-state index contributed by atoms with van der Waals surface area (Å²) >= 11 is 0. The molecule has 0 atom stereocenters. The van der Waals surface area contributed by atoms with E-state index >= 15 is 0 Å². The third-order valence-corrected chi connectivity index (χ3v) is 6.90. The van der Waals surface area contributed by atoms with Crippen LogP contribution in [0.15, 0.2) is 47.4 Å². The molecule has 0 spiro atoms. The largest absolute Gasteiger partial charge is 0.493 e. The number of likely N-dealkylation sites (N-methyl/N-ethyl adjacent to an activating group) is 1. The molecule has 8 nitrogen and oxygen atoms in total. The van der Waals surface area contributed by atoms with Crippen molar-refractivity contribution >= 4 is 27.3 Å². The van der Waals surface area contributed by atoms with Gasteiger partial charge in [0.15, 0.2) is 11.5 Å². The van der Waals surface area contributed by atoms with Gasteiger partial charge in [0.05, 0.1) is 25.7 Å². The molecular formula is C21H27N3O5S. The summed E-state index contributed by atoms with van der Waals surface area (Å²) in [6.45, 7) is 1.16. The van der Waals surface area contributed by atoms with Crippen LogP contribution >= 0.6 is 0 Å². The smallest absolute Gasteiger partial charge is 0.243 e. The van der Waals surface area contributed by atoms with Crippen LogP contribution in [0.4, 0.5) is 11.4 Å². The topological polar surface area (TPSA) is 88.2 Å². The fourth-order valence-corrected chi connectivity index (χ4v) is 4.94. The van der Waals surface area contributed by atoms with E-state index in [1.54, 1.807) is 56.5 Å². The first-order chi connectivity index (χ1) is 14.3. The van der Waals surface area contributed by atoms with Gasteiger partial charge in [-0.1, -0.05) is 6.07 Å². The van der Waals surface area contributed by atoms with Crippen molar-refractivity contribution in [3.63, 3.8) is 0 Å². The Balaban J connectivity index is 1.68. The van der Waals surface area contributed by atoms with Crippen LogP contribution < -0.4 is 19.7 Å². The van der Waals surface area contributed by atoms with Crippen LogP contribution in [0.3, 0.4) is 0 Å². The molecule has 9 heteroatoms. The molecule has 0 radical (unpaired) electrons. The van der Waals surface area contributed by atoms with Crippen molar-refractivity contribution in [2.24, 2.45) is 0 Å². The number of sulfonamides is 1. The van der Waals surface area contributed by atoms with E-state index in [9.17, 15) is 13.2 Å². The van der Waals surface area contributed by atoms with Crippen molar-refractivity contribution in [3.8, 4) is 11.5 Å². The van der Waals surface area contributed by atoms with E-state index in [1.165, 1.54) is 10.4 Å². The Hall–Kier alpha value is -2.78. The predicted molar refractivity (Wildman–Crippen MR) is 116 cm³/mol. The van der Waals surface area contributed by atoms with E-state index in [0.29, 0.717) is 30.3 Å². The van der Waals surface area contributed by atoms with Gasteiger partial charge in [-0.25, -0.2) is 8.42 Å². The molecule has 1 aliphatic heterocycles. The average Bonchev–Trinajstić information content (AvgIpc) is 3.29. The number of nitrogens with one attached hydrogen (secondary N) is 1. The van der Waals surface area contributed by atoms with Gasteiger partial charge in [0.25, 0.3) is 0 Å². The van der Waals surface area contributed by atoms with E-state index < -0.39 is 10.0 Å². The molecule has 3 rings (SSSR count). The lowest BCUT2D eigenvalue weighted by Crippen LogP contribution is -2.30. The maximum absolute atomic E-state index is 12.7. The second-order valence-corrected chi connectivity index (χ2v) is 9.02. The third-order valence-electron chi connectivity index (χ3n) is 5.01. The molecule has 1 saturated heterocycles. The molecule has 2 aromatic rings. The summed E-state index contributed by atoms with van der Waals surface area (Å²) in [5, 5.41) is 2.78. The molecule has 162 valence electrons. The lowest BCUT2D eigenvalue weighted by molar-refractivity contribution is -0.114. The van der Waals surface area contributed by atoms with E-state index in [4.69, 9.17) is 9.47 Å². The van der Waals surface area contributed by atoms with Crippen LogP contribution in [0.25, 0.3) is 0 Å². The van der Waals surface area contributed by atoms with Crippen LogP contribution in [0.2, 0.25) is 0 Å². The monoisotopic (exact) mass is 433 g/mol. The zero-order valence-corrected chi connectivity index (χ0v) is 18.2. The number of amides is 1. The van der Waals surface area contributed by atoms with Gasteiger partial charge in [-0.15, -0.1) is 0 Å². The summed E-state index contributed by atoms with van der Waals surface area (Å²) in [5.41, 5.74) is 1.23. The molecule has 2 aromatic carbocycles. The van der Waals surface area contributed by atoms with Crippen LogP contribution in [-0.2, 0) is 14.8 Å². The van der Waals surface area contributed by atoms with Crippen molar-refractivity contribution in [1.29, 1.82) is 0 Å². The zero-order chi connectivity index (χ0) is 21.7. The van der Waals surface area contributed by atoms with Crippen molar-refractivity contribution < 1.29 is 22.7 Å². The number of anilines is 2.